The van der Waals surface area contributed by atoms with E-state index in [0.29, 0.717) is 24.4 Å². The summed E-state index contributed by atoms with van der Waals surface area (Å²) in [7, 11) is 0. The minimum Gasteiger partial charge on any atom is -0.489 e. The van der Waals surface area contributed by atoms with Gasteiger partial charge in [-0.05, 0) is 35.9 Å². The lowest BCUT2D eigenvalue weighted by Gasteiger charge is -2.27. The van der Waals surface area contributed by atoms with E-state index >= 15 is 0 Å². The van der Waals surface area contributed by atoms with Crippen LogP contribution >= 0.6 is 0 Å². The summed E-state index contributed by atoms with van der Waals surface area (Å²) in [6.45, 7) is 3.34. The van der Waals surface area contributed by atoms with Crippen LogP contribution < -0.4 is 10.1 Å². The smallest absolute Gasteiger partial charge is 0.254 e. The van der Waals surface area contributed by atoms with E-state index in [4.69, 9.17) is 4.74 Å². The Morgan fingerprint density at radius 3 is 2.70 bits per heavy atom. The van der Waals surface area contributed by atoms with E-state index < -0.39 is 0 Å². The molecule has 1 fully saturated rings. The van der Waals surface area contributed by atoms with Crippen LogP contribution in [0.5, 0.6) is 5.75 Å². The standard InChI is InChI=1S/C18H19FN2O2/c19-16-5-1-3-14(11-16)13-23-17-6-2-4-15(12-17)18(22)21-9-7-20-8-10-21/h1-6,11-12,20H,7-10,13H2. The topological polar surface area (TPSA) is 41.6 Å². The summed E-state index contributed by atoms with van der Waals surface area (Å²) in [5, 5.41) is 3.23. The van der Waals surface area contributed by atoms with E-state index in [1.807, 2.05) is 4.90 Å². The molecule has 0 saturated carbocycles. The quantitative estimate of drug-likeness (QED) is 0.942. The number of benzene rings is 2. The third-order valence-electron chi connectivity index (χ3n) is 3.78. The van der Waals surface area contributed by atoms with Gasteiger partial charge in [-0.25, -0.2) is 4.39 Å². The molecule has 23 heavy (non-hydrogen) atoms. The largest absolute Gasteiger partial charge is 0.489 e. The Morgan fingerprint density at radius 1 is 1.13 bits per heavy atom. The van der Waals surface area contributed by atoms with Gasteiger partial charge >= 0.3 is 0 Å². The summed E-state index contributed by atoms with van der Waals surface area (Å²) in [6.07, 6.45) is 0. The zero-order valence-electron chi connectivity index (χ0n) is 12.8. The molecule has 2 aromatic carbocycles. The highest BCUT2D eigenvalue weighted by atomic mass is 19.1. The molecule has 0 aromatic heterocycles. The Kier molecular flexibility index (Phi) is 4.88. The van der Waals surface area contributed by atoms with Gasteiger partial charge in [-0.3, -0.25) is 4.79 Å². The highest BCUT2D eigenvalue weighted by Crippen LogP contribution is 2.17. The Bertz CT molecular complexity index is 684. The minimum atomic E-state index is -0.284. The molecule has 1 aliphatic heterocycles. The number of hydrogen-bond donors (Lipinski definition) is 1. The van der Waals surface area contributed by atoms with Crippen LogP contribution in [0.4, 0.5) is 4.39 Å². The predicted molar refractivity (Wildman–Crippen MR) is 85.9 cm³/mol. The normalized spacial score (nSPS) is 14.6. The monoisotopic (exact) mass is 314 g/mol. The van der Waals surface area contributed by atoms with Crippen molar-refractivity contribution in [3.63, 3.8) is 0 Å². The Labute approximate surface area is 134 Å². The average molecular weight is 314 g/mol. The number of carbonyl (C=O) groups is 1. The van der Waals surface area contributed by atoms with Crippen LogP contribution in [0.15, 0.2) is 48.5 Å². The summed E-state index contributed by atoms with van der Waals surface area (Å²) in [5.41, 5.74) is 1.37. The maximum Gasteiger partial charge on any atom is 0.254 e. The maximum absolute atomic E-state index is 13.2. The van der Waals surface area contributed by atoms with Crippen molar-refractivity contribution >= 4 is 5.91 Å². The molecule has 4 nitrogen and oxygen atoms in total. The Morgan fingerprint density at radius 2 is 1.91 bits per heavy atom. The van der Waals surface area contributed by atoms with Gasteiger partial charge in [0.05, 0.1) is 0 Å². The van der Waals surface area contributed by atoms with Crippen molar-refractivity contribution in [2.45, 2.75) is 6.61 Å². The number of carbonyl (C=O) groups excluding carboxylic acids is 1. The number of halogens is 1. The third-order valence-corrected chi connectivity index (χ3v) is 3.78. The molecule has 1 saturated heterocycles. The fraction of sp³-hybridized carbons (Fsp3) is 0.278. The molecule has 0 unspecified atom stereocenters. The molecule has 1 heterocycles. The molecular weight excluding hydrogens is 295 g/mol. The summed E-state index contributed by atoms with van der Waals surface area (Å²) < 4.78 is 18.8. The Balaban J connectivity index is 1.66. The van der Waals surface area contributed by atoms with Gasteiger partial charge in [-0.15, -0.1) is 0 Å². The van der Waals surface area contributed by atoms with Gasteiger partial charge in [0, 0.05) is 31.7 Å². The molecular formula is C18H19FN2O2. The highest BCUT2D eigenvalue weighted by Gasteiger charge is 2.18. The number of nitrogens with zero attached hydrogens (tertiary/aromatic N) is 1. The van der Waals surface area contributed by atoms with Gasteiger partial charge in [0.25, 0.3) is 5.91 Å². The van der Waals surface area contributed by atoms with E-state index in [2.05, 4.69) is 5.32 Å². The first kappa shape index (κ1) is 15.5. The van der Waals surface area contributed by atoms with Crippen molar-refractivity contribution in [1.82, 2.24) is 10.2 Å². The number of rotatable bonds is 4. The van der Waals surface area contributed by atoms with Crippen molar-refractivity contribution in [1.29, 1.82) is 0 Å². The first-order chi connectivity index (χ1) is 11.2. The second kappa shape index (κ2) is 7.24. The third kappa shape index (κ3) is 4.07. The van der Waals surface area contributed by atoms with Gasteiger partial charge in [-0.1, -0.05) is 18.2 Å². The molecule has 2 aromatic rings. The number of nitrogens with one attached hydrogen (secondary N) is 1. The van der Waals surface area contributed by atoms with Crippen molar-refractivity contribution in [3.8, 4) is 5.75 Å². The number of ether oxygens (including phenoxy) is 1. The Hall–Kier alpha value is -2.40. The lowest BCUT2D eigenvalue weighted by molar-refractivity contribution is 0.0735. The number of hydrogen-bond acceptors (Lipinski definition) is 3. The van der Waals surface area contributed by atoms with Crippen LogP contribution in [-0.2, 0) is 6.61 Å². The van der Waals surface area contributed by atoms with Crippen molar-refractivity contribution in [2.75, 3.05) is 26.2 Å². The molecule has 0 bridgehead atoms. The second-order valence-corrected chi connectivity index (χ2v) is 5.49. The predicted octanol–water partition coefficient (Wildman–Crippen LogP) is 2.45. The molecule has 3 rings (SSSR count). The van der Waals surface area contributed by atoms with Crippen LogP contribution in [0.2, 0.25) is 0 Å². The van der Waals surface area contributed by atoms with E-state index in [-0.39, 0.29) is 18.3 Å². The average Bonchev–Trinajstić information content (AvgIpc) is 2.60. The van der Waals surface area contributed by atoms with Crippen molar-refractivity contribution in [3.05, 3.63) is 65.5 Å². The van der Waals surface area contributed by atoms with Crippen LogP contribution in [-0.4, -0.2) is 37.0 Å². The van der Waals surface area contributed by atoms with Gasteiger partial charge < -0.3 is 15.0 Å². The van der Waals surface area contributed by atoms with Crippen LogP contribution in [0.25, 0.3) is 0 Å². The van der Waals surface area contributed by atoms with Crippen LogP contribution in [0.3, 0.4) is 0 Å². The first-order valence-electron chi connectivity index (χ1n) is 7.70. The summed E-state index contributed by atoms with van der Waals surface area (Å²) >= 11 is 0. The number of amides is 1. The molecule has 5 heteroatoms. The van der Waals surface area contributed by atoms with Crippen LogP contribution in [0.1, 0.15) is 15.9 Å². The SMILES string of the molecule is O=C(c1cccc(OCc2cccc(F)c2)c1)N1CCNCC1. The van der Waals surface area contributed by atoms with E-state index in [1.165, 1.54) is 12.1 Å². The number of piperazine rings is 1. The zero-order valence-corrected chi connectivity index (χ0v) is 12.8. The second-order valence-electron chi connectivity index (χ2n) is 5.49. The van der Waals surface area contributed by atoms with Crippen LogP contribution in [0, 0.1) is 5.82 Å². The van der Waals surface area contributed by atoms with Crippen molar-refractivity contribution in [2.24, 2.45) is 0 Å². The fourth-order valence-electron chi connectivity index (χ4n) is 2.56. The van der Waals surface area contributed by atoms with Crippen molar-refractivity contribution < 1.29 is 13.9 Å². The van der Waals surface area contributed by atoms with Gasteiger partial charge in [0.2, 0.25) is 0 Å². The van der Waals surface area contributed by atoms with E-state index in [0.717, 1.165) is 18.7 Å². The minimum absolute atomic E-state index is 0.0164. The summed E-state index contributed by atoms with van der Waals surface area (Å²) in [5.74, 6) is 0.340. The maximum atomic E-state index is 13.2. The van der Waals surface area contributed by atoms with Gasteiger partial charge in [0.1, 0.15) is 18.2 Å². The lowest BCUT2D eigenvalue weighted by atomic mass is 10.1. The zero-order chi connectivity index (χ0) is 16.1. The highest BCUT2D eigenvalue weighted by molar-refractivity contribution is 5.94. The van der Waals surface area contributed by atoms with Gasteiger partial charge in [-0.2, -0.15) is 0 Å². The molecule has 0 spiro atoms. The molecule has 120 valence electrons. The summed E-state index contributed by atoms with van der Waals surface area (Å²) in [4.78, 5) is 14.3. The van der Waals surface area contributed by atoms with E-state index in [9.17, 15) is 9.18 Å². The molecule has 1 aliphatic rings. The molecule has 0 aliphatic carbocycles. The fourth-order valence-corrected chi connectivity index (χ4v) is 2.56. The first-order valence-corrected chi connectivity index (χ1v) is 7.70. The molecule has 0 radical (unpaired) electrons. The molecule has 1 amide bonds. The van der Waals surface area contributed by atoms with E-state index in [1.54, 1.807) is 36.4 Å². The van der Waals surface area contributed by atoms with Gasteiger partial charge in [0.15, 0.2) is 0 Å². The molecule has 1 N–H and O–H groups in total. The molecule has 0 atom stereocenters. The lowest BCUT2D eigenvalue weighted by Crippen LogP contribution is -2.46. The summed E-state index contributed by atoms with van der Waals surface area (Å²) in [6, 6.07) is 13.4.